The number of carbonyl (C=O) groups excluding carboxylic acids is 1. The molecule has 0 saturated carbocycles. The van der Waals surface area contributed by atoms with Crippen LogP contribution in [-0.4, -0.2) is 66.0 Å². The first-order chi connectivity index (χ1) is 15.0. The summed E-state index contributed by atoms with van der Waals surface area (Å²) in [6.45, 7) is 8.62. The maximum absolute atomic E-state index is 13.9. The SMILES string of the molecule is C[C@H](Nc1nccc(N2C(=O)OC[C@@H]2[C@@H](C)F)n1)c1ccc(CN2CCNCC2)cc1. The molecule has 166 valence electrons. The highest BCUT2D eigenvalue weighted by Gasteiger charge is 2.39. The summed E-state index contributed by atoms with van der Waals surface area (Å²) in [5.74, 6) is 0.702. The van der Waals surface area contributed by atoms with E-state index in [0.717, 1.165) is 38.3 Å². The second-order valence-electron chi connectivity index (χ2n) is 8.06. The maximum atomic E-state index is 13.9. The molecule has 2 aliphatic heterocycles. The molecule has 0 aliphatic carbocycles. The first-order valence-electron chi connectivity index (χ1n) is 10.7. The summed E-state index contributed by atoms with van der Waals surface area (Å²) in [6.07, 6.45) is -0.261. The van der Waals surface area contributed by atoms with Crippen molar-refractivity contribution >= 4 is 17.9 Å². The number of amides is 1. The van der Waals surface area contributed by atoms with Gasteiger partial charge in [-0.25, -0.2) is 14.2 Å². The van der Waals surface area contributed by atoms with Gasteiger partial charge in [-0.15, -0.1) is 0 Å². The van der Waals surface area contributed by atoms with E-state index in [9.17, 15) is 9.18 Å². The van der Waals surface area contributed by atoms with Gasteiger partial charge in [-0.05, 0) is 31.0 Å². The van der Waals surface area contributed by atoms with Gasteiger partial charge in [0.2, 0.25) is 5.95 Å². The zero-order valence-corrected chi connectivity index (χ0v) is 17.9. The highest BCUT2D eigenvalue weighted by molar-refractivity contribution is 5.89. The topological polar surface area (TPSA) is 82.6 Å². The van der Waals surface area contributed by atoms with Crippen LogP contribution < -0.4 is 15.5 Å². The lowest BCUT2D eigenvalue weighted by Crippen LogP contribution is -2.42. The highest BCUT2D eigenvalue weighted by Crippen LogP contribution is 2.26. The Labute approximate surface area is 181 Å². The van der Waals surface area contributed by atoms with Gasteiger partial charge in [0, 0.05) is 38.9 Å². The van der Waals surface area contributed by atoms with Crippen molar-refractivity contribution in [1.82, 2.24) is 20.2 Å². The van der Waals surface area contributed by atoms with Crippen molar-refractivity contribution in [3.63, 3.8) is 0 Å². The van der Waals surface area contributed by atoms with Crippen LogP contribution in [0.15, 0.2) is 36.5 Å². The molecule has 0 bridgehead atoms. The second kappa shape index (κ2) is 9.57. The number of aromatic nitrogens is 2. The average molecular weight is 429 g/mol. The molecule has 1 amide bonds. The Hall–Kier alpha value is -2.78. The van der Waals surface area contributed by atoms with E-state index in [4.69, 9.17) is 4.74 Å². The first-order valence-corrected chi connectivity index (χ1v) is 10.7. The molecule has 2 N–H and O–H groups in total. The molecule has 2 saturated heterocycles. The van der Waals surface area contributed by atoms with Crippen molar-refractivity contribution in [3.05, 3.63) is 47.7 Å². The van der Waals surface area contributed by atoms with E-state index in [2.05, 4.69) is 49.8 Å². The van der Waals surface area contributed by atoms with Gasteiger partial charge in [0.1, 0.15) is 24.6 Å². The number of ether oxygens (including phenoxy) is 1. The van der Waals surface area contributed by atoms with Crippen LogP contribution in [0.25, 0.3) is 0 Å². The number of halogens is 1. The Morgan fingerprint density at radius 2 is 1.97 bits per heavy atom. The van der Waals surface area contributed by atoms with E-state index in [1.165, 1.54) is 17.4 Å². The van der Waals surface area contributed by atoms with E-state index >= 15 is 0 Å². The lowest BCUT2D eigenvalue weighted by Gasteiger charge is -2.27. The molecule has 8 nitrogen and oxygen atoms in total. The number of carbonyl (C=O) groups is 1. The minimum atomic E-state index is -1.23. The largest absolute Gasteiger partial charge is 0.447 e. The standard InChI is InChI=1S/C22H29FN6O2/c1-15(23)19-14-31-22(30)29(19)20-7-8-25-21(27-20)26-16(2)18-5-3-17(4-6-18)13-28-11-9-24-10-12-28/h3-8,15-16,19,24H,9-14H2,1-2H3,(H,25,26,27)/t15-,16+,19-/m1/s1. The Morgan fingerprint density at radius 1 is 1.23 bits per heavy atom. The fourth-order valence-electron chi connectivity index (χ4n) is 3.91. The molecule has 0 unspecified atom stereocenters. The normalized spacial score (nSPS) is 21.6. The van der Waals surface area contributed by atoms with Crippen molar-refractivity contribution in [2.45, 2.75) is 38.6 Å². The summed E-state index contributed by atoms with van der Waals surface area (Å²) in [7, 11) is 0. The Kier molecular flexibility index (Phi) is 6.62. The summed E-state index contributed by atoms with van der Waals surface area (Å²) in [6, 6.07) is 9.39. The van der Waals surface area contributed by atoms with Gasteiger partial charge in [0.25, 0.3) is 0 Å². The molecule has 1 aromatic heterocycles. The van der Waals surface area contributed by atoms with Crippen molar-refractivity contribution < 1.29 is 13.9 Å². The van der Waals surface area contributed by atoms with Gasteiger partial charge < -0.3 is 15.4 Å². The van der Waals surface area contributed by atoms with Crippen LogP contribution in [0.2, 0.25) is 0 Å². The van der Waals surface area contributed by atoms with Gasteiger partial charge in [0.05, 0.1) is 6.04 Å². The number of piperazine rings is 1. The molecule has 2 aromatic rings. The van der Waals surface area contributed by atoms with Crippen LogP contribution in [0, 0.1) is 0 Å². The number of anilines is 2. The van der Waals surface area contributed by atoms with Crippen LogP contribution >= 0.6 is 0 Å². The smallest absolute Gasteiger partial charge is 0.416 e. The predicted molar refractivity (Wildman–Crippen MR) is 117 cm³/mol. The Morgan fingerprint density at radius 3 is 2.68 bits per heavy atom. The van der Waals surface area contributed by atoms with Crippen molar-refractivity contribution in [3.8, 4) is 0 Å². The molecule has 2 fully saturated rings. The number of hydrogen-bond donors (Lipinski definition) is 2. The number of benzene rings is 1. The van der Waals surface area contributed by atoms with Crippen molar-refractivity contribution in [2.24, 2.45) is 0 Å². The van der Waals surface area contributed by atoms with Crippen LogP contribution in [0.4, 0.5) is 21.0 Å². The fourth-order valence-corrected chi connectivity index (χ4v) is 3.91. The molecule has 3 heterocycles. The van der Waals surface area contributed by atoms with Crippen LogP contribution in [0.1, 0.15) is 31.0 Å². The third-order valence-electron chi connectivity index (χ3n) is 5.76. The summed E-state index contributed by atoms with van der Waals surface area (Å²) in [5, 5.41) is 6.64. The Balaban J connectivity index is 1.41. The zero-order valence-electron chi connectivity index (χ0n) is 17.9. The first kappa shape index (κ1) is 21.5. The molecule has 0 radical (unpaired) electrons. The van der Waals surface area contributed by atoms with Gasteiger partial charge in [-0.3, -0.25) is 9.80 Å². The highest BCUT2D eigenvalue weighted by atomic mass is 19.1. The molecule has 9 heteroatoms. The number of hydrogen-bond acceptors (Lipinski definition) is 7. The van der Waals surface area contributed by atoms with E-state index in [1.54, 1.807) is 12.3 Å². The number of alkyl halides is 1. The minimum Gasteiger partial charge on any atom is -0.447 e. The molecule has 2 aliphatic rings. The third kappa shape index (κ3) is 5.11. The van der Waals surface area contributed by atoms with Gasteiger partial charge >= 0.3 is 6.09 Å². The summed E-state index contributed by atoms with van der Waals surface area (Å²) in [4.78, 5) is 24.5. The minimum absolute atomic E-state index is 0.0138. The van der Waals surface area contributed by atoms with E-state index < -0.39 is 18.3 Å². The third-order valence-corrected chi connectivity index (χ3v) is 5.76. The molecule has 3 atom stereocenters. The fraction of sp³-hybridized carbons (Fsp3) is 0.500. The molecule has 1 aromatic carbocycles. The summed E-state index contributed by atoms with van der Waals surface area (Å²) >= 11 is 0. The lowest BCUT2D eigenvalue weighted by molar-refractivity contribution is 0.174. The number of rotatable bonds is 7. The van der Waals surface area contributed by atoms with E-state index in [0.29, 0.717) is 11.8 Å². The number of nitrogens with zero attached hydrogens (tertiary/aromatic N) is 4. The molecular weight excluding hydrogens is 399 g/mol. The quantitative estimate of drug-likeness (QED) is 0.702. The van der Waals surface area contributed by atoms with Crippen LogP contribution in [-0.2, 0) is 11.3 Å². The summed E-state index contributed by atoms with van der Waals surface area (Å²) in [5.41, 5.74) is 2.39. The zero-order chi connectivity index (χ0) is 21.8. The van der Waals surface area contributed by atoms with Crippen LogP contribution in [0.5, 0.6) is 0 Å². The molecule has 4 rings (SSSR count). The van der Waals surface area contributed by atoms with Crippen molar-refractivity contribution in [2.75, 3.05) is 43.0 Å². The number of nitrogens with one attached hydrogen (secondary N) is 2. The molecule has 31 heavy (non-hydrogen) atoms. The predicted octanol–water partition coefficient (Wildman–Crippen LogP) is 2.74. The van der Waals surface area contributed by atoms with E-state index in [1.807, 2.05) is 6.92 Å². The van der Waals surface area contributed by atoms with Crippen molar-refractivity contribution in [1.29, 1.82) is 0 Å². The Bertz CT molecular complexity index is 888. The monoisotopic (exact) mass is 428 g/mol. The van der Waals surface area contributed by atoms with Gasteiger partial charge in [-0.2, -0.15) is 4.98 Å². The summed E-state index contributed by atoms with van der Waals surface area (Å²) < 4.78 is 18.9. The maximum Gasteiger partial charge on any atom is 0.416 e. The molecular formula is C22H29FN6O2. The lowest BCUT2D eigenvalue weighted by atomic mass is 10.1. The van der Waals surface area contributed by atoms with Gasteiger partial charge in [0.15, 0.2) is 0 Å². The average Bonchev–Trinajstić information content (AvgIpc) is 3.17. The van der Waals surface area contributed by atoms with Gasteiger partial charge in [-0.1, -0.05) is 24.3 Å². The number of cyclic esters (lactones) is 1. The van der Waals surface area contributed by atoms with Crippen LogP contribution in [0.3, 0.4) is 0 Å². The van der Waals surface area contributed by atoms with E-state index in [-0.39, 0.29) is 12.6 Å². The second-order valence-corrected chi connectivity index (χ2v) is 8.06. The molecule has 0 spiro atoms.